The van der Waals surface area contributed by atoms with Crippen LogP contribution in [0.3, 0.4) is 0 Å². The summed E-state index contributed by atoms with van der Waals surface area (Å²) in [7, 11) is 0. The minimum absolute atomic E-state index is 0.00854. The number of aliphatic hydroxyl groups is 1. The maximum absolute atomic E-state index is 12.5. The molecule has 0 saturated heterocycles. The summed E-state index contributed by atoms with van der Waals surface area (Å²) < 4.78 is 11.0. The highest BCUT2D eigenvalue weighted by atomic mass is 32.1. The number of thiophene rings is 1. The number of amides is 1. The van der Waals surface area contributed by atoms with E-state index in [4.69, 9.17) is 9.15 Å². The lowest BCUT2D eigenvalue weighted by Gasteiger charge is -2.25. The lowest BCUT2D eigenvalue weighted by atomic mass is 9.98. The van der Waals surface area contributed by atoms with Crippen LogP contribution in [0.4, 0.5) is 0 Å². The minimum Gasteiger partial charge on any atom is -0.494 e. The lowest BCUT2D eigenvalue weighted by molar-refractivity contribution is 0.0554. The average Bonchev–Trinajstić information content (AvgIpc) is 3.41. The van der Waals surface area contributed by atoms with Gasteiger partial charge < -0.3 is 19.6 Å². The largest absolute Gasteiger partial charge is 0.494 e. The van der Waals surface area contributed by atoms with Crippen LogP contribution < -0.4 is 10.1 Å². The van der Waals surface area contributed by atoms with E-state index < -0.39 is 5.60 Å². The average molecular weight is 385 g/mol. The number of hydrogen-bond acceptors (Lipinski definition) is 5. The predicted octanol–water partition coefficient (Wildman–Crippen LogP) is 4.19. The zero-order valence-corrected chi connectivity index (χ0v) is 16.0. The second kappa shape index (κ2) is 8.88. The topological polar surface area (TPSA) is 71.7 Å². The van der Waals surface area contributed by atoms with Gasteiger partial charge in [-0.1, -0.05) is 19.4 Å². The molecule has 0 bridgehead atoms. The summed E-state index contributed by atoms with van der Waals surface area (Å²) in [6.45, 7) is 2.78. The summed E-state index contributed by atoms with van der Waals surface area (Å²) in [5.41, 5.74) is -0.901. The fraction of sp³-hybridized carbons (Fsp3) is 0.286. The predicted molar refractivity (Wildman–Crippen MR) is 105 cm³/mol. The van der Waals surface area contributed by atoms with Crippen LogP contribution in [0.1, 0.15) is 40.8 Å². The number of nitrogens with one attached hydrogen (secondary N) is 1. The number of carbonyl (C=O) groups excluding carboxylic acids is 1. The maximum Gasteiger partial charge on any atom is 0.251 e. The molecule has 0 aliphatic heterocycles. The first-order valence-electron chi connectivity index (χ1n) is 8.95. The highest BCUT2D eigenvalue weighted by molar-refractivity contribution is 7.10. The van der Waals surface area contributed by atoms with Crippen LogP contribution in [0.15, 0.2) is 64.6 Å². The molecule has 0 fully saturated rings. The highest BCUT2D eigenvalue weighted by Gasteiger charge is 2.36. The number of furan rings is 1. The Balaban J connectivity index is 1.66. The van der Waals surface area contributed by atoms with E-state index in [1.807, 2.05) is 17.5 Å². The molecule has 2 N–H and O–H groups in total. The quantitative estimate of drug-likeness (QED) is 0.542. The summed E-state index contributed by atoms with van der Waals surface area (Å²) in [6.07, 6.45) is 3.58. The number of rotatable bonds is 9. The molecular formula is C21H23NO4S. The number of unbranched alkanes of at least 4 members (excludes halogenated alkanes) is 1. The van der Waals surface area contributed by atoms with Gasteiger partial charge in [0.25, 0.3) is 5.91 Å². The Morgan fingerprint density at radius 3 is 2.67 bits per heavy atom. The van der Waals surface area contributed by atoms with E-state index in [2.05, 4.69) is 12.2 Å². The Bertz CT molecular complexity index is 791. The molecule has 3 aromatic rings. The van der Waals surface area contributed by atoms with Crippen molar-refractivity contribution in [1.29, 1.82) is 0 Å². The van der Waals surface area contributed by atoms with Crippen molar-refractivity contribution in [1.82, 2.24) is 5.32 Å². The second-order valence-electron chi connectivity index (χ2n) is 6.22. The third-order valence-corrected chi connectivity index (χ3v) is 5.27. The SMILES string of the molecule is CCCCOc1ccc(C(=O)NC[C@](O)(c2ccco2)c2cccs2)cc1. The summed E-state index contributed by atoms with van der Waals surface area (Å²) in [5.74, 6) is 0.868. The number of benzene rings is 1. The molecule has 142 valence electrons. The van der Waals surface area contributed by atoms with Gasteiger partial charge in [0.15, 0.2) is 5.60 Å². The van der Waals surface area contributed by atoms with E-state index in [9.17, 15) is 9.90 Å². The highest BCUT2D eigenvalue weighted by Crippen LogP contribution is 2.32. The summed E-state index contributed by atoms with van der Waals surface area (Å²) in [6, 6.07) is 14.1. The normalized spacial score (nSPS) is 13.1. The van der Waals surface area contributed by atoms with Gasteiger partial charge in [-0.3, -0.25) is 4.79 Å². The molecular weight excluding hydrogens is 362 g/mol. The number of hydrogen-bond donors (Lipinski definition) is 2. The molecule has 6 heteroatoms. The smallest absolute Gasteiger partial charge is 0.251 e. The van der Waals surface area contributed by atoms with Gasteiger partial charge in [-0.05, 0) is 54.3 Å². The molecule has 0 spiro atoms. The monoisotopic (exact) mass is 385 g/mol. The van der Waals surface area contributed by atoms with E-state index in [0.717, 1.165) is 18.6 Å². The van der Waals surface area contributed by atoms with Crippen LogP contribution in [-0.4, -0.2) is 24.2 Å². The van der Waals surface area contributed by atoms with Crippen LogP contribution in [0.25, 0.3) is 0 Å². The van der Waals surface area contributed by atoms with Crippen LogP contribution in [-0.2, 0) is 5.60 Å². The van der Waals surface area contributed by atoms with Crippen LogP contribution in [0, 0.1) is 0 Å². The first kappa shape index (κ1) is 19.2. The van der Waals surface area contributed by atoms with Crippen LogP contribution in [0.5, 0.6) is 5.75 Å². The standard InChI is InChI=1S/C21H23NO4S/c1-2-3-12-25-17-10-8-16(9-11-17)20(23)22-15-21(24,18-6-4-13-26-18)19-7-5-14-27-19/h4-11,13-14,24H,2-3,12,15H2,1H3,(H,22,23)/t21-/m0/s1. The molecule has 0 unspecified atom stereocenters. The first-order valence-corrected chi connectivity index (χ1v) is 9.83. The molecule has 1 atom stereocenters. The molecule has 1 amide bonds. The molecule has 0 aliphatic carbocycles. The van der Waals surface area contributed by atoms with Crippen molar-refractivity contribution >= 4 is 17.2 Å². The zero-order chi connectivity index (χ0) is 19.1. The van der Waals surface area contributed by atoms with Gasteiger partial charge in [-0.15, -0.1) is 11.3 Å². The lowest BCUT2D eigenvalue weighted by Crippen LogP contribution is -2.41. The Hall–Kier alpha value is -2.57. The number of carbonyl (C=O) groups is 1. The summed E-state index contributed by atoms with van der Waals surface area (Å²) >= 11 is 1.41. The molecule has 3 rings (SSSR count). The second-order valence-corrected chi connectivity index (χ2v) is 7.17. The van der Waals surface area contributed by atoms with Crippen LogP contribution >= 0.6 is 11.3 Å². The first-order chi connectivity index (χ1) is 13.1. The Morgan fingerprint density at radius 1 is 1.22 bits per heavy atom. The van der Waals surface area contributed by atoms with Crippen molar-refractivity contribution in [3.8, 4) is 5.75 Å². The molecule has 0 radical (unpaired) electrons. The third-order valence-electron chi connectivity index (χ3n) is 4.25. The van der Waals surface area contributed by atoms with Crippen molar-refractivity contribution in [2.75, 3.05) is 13.2 Å². The van der Waals surface area contributed by atoms with Crippen molar-refractivity contribution in [2.24, 2.45) is 0 Å². The summed E-state index contributed by atoms with van der Waals surface area (Å²) in [5, 5.41) is 15.9. The Morgan fingerprint density at radius 2 is 2.04 bits per heavy atom. The molecule has 0 aliphatic rings. The zero-order valence-electron chi connectivity index (χ0n) is 15.2. The maximum atomic E-state index is 12.5. The van der Waals surface area contributed by atoms with Crippen LogP contribution in [0.2, 0.25) is 0 Å². The molecule has 27 heavy (non-hydrogen) atoms. The Kier molecular flexibility index (Phi) is 6.32. The van der Waals surface area contributed by atoms with E-state index >= 15 is 0 Å². The van der Waals surface area contributed by atoms with Gasteiger partial charge in [-0.25, -0.2) is 0 Å². The molecule has 0 saturated carbocycles. The third kappa shape index (κ3) is 4.59. The minimum atomic E-state index is -1.41. The summed E-state index contributed by atoms with van der Waals surface area (Å²) in [4.78, 5) is 13.2. The van der Waals surface area contributed by atoms with Crippen molar-refractivity contribution in [3.63, 3.8) is 0 Å². The van der Waals surface area contributed by atoms with Crippen molar-refractivity contribution in [2.45, 2.75) is 25.4 Å². The van der Waals surface area contributed by atoms with Gasteiger partial charge >= 0.3 is 0 Å². The molecule has 5 nitrogen and oxygen atoms in total. The van der Waals surface area contributed by atoms with E-state index in [1.54, 1.807) is 36.4 Å². The molecule has 1 aromatic carbocycles. The van der Waals surface area contributed by atoms with Crippen molar-refractivity contribution in [3.05, 3.63) is 76.4 Å². The van der Waals surface area contributed by atoms with E-state index in [-0.39, 0.29) is 12.5 Å². The molecule has 2 heterocycles. The number of ether oxygens (including phenoxy) is 1. The van der Waals surface area contributed by atoms with Gasteiger partial charge in [-0.2, -0.15) is 0 Å². The van der Waals surface area contributed by atoms with Gasteiger partial charge in [0.1, 0.15) is 11.5 Å². The fourth-order valence-electron chi connectivity index (χ4n) is 2.67. The van der Waals surface area contributed by atoms with E-state index in [0.29, 0.717) is 22.8 Å². The van der Waals surface area contributed by atoms with E-state index in [1.165, 1.54) is 17.6 Å². The van der Waals surface area contributed by atoms with Gasteiger partial charge in [0, 0.05) is 10.4 Å². The van der Waals surface area contributed by atoms with Crippen molar-refractivity contribution < 1.29 is 19.1 Å². The van der Waals surface area contributed by atoms with Gasteiger partial charge in [0.05, 0.1) is 19.4 Å². The Labute approximate surface area is 162 Å². The fourth-order valence-corrected chi connectivity index (χ4v) is 3.50. The molecule has 2 aromatic heterocycles. The van der Waals surface area contributed by atoms with Gasteiger partial charge in [0.2, 0.25) is 0 Å².